The first-order valence-corrected chi connectivity index (χ1v) is 6.47. The van der Waals surface area contributed by atoms with E-state index < -0.39 is 29.7 Å². The van der Waals surface area contributed by atoms with Gasteiger partial charge in [0.15, 0.2) is 0 Å². The smallest absolute Gasteiger partial charge is 0.307 e. The van der Waals surface area contributed by atoms with Crippen LogP contribution in [0.15, 0.2) is 0 Å². The van der Waals surface area contributed by atoms with Crippen LogP contribution in [0, 0.1) is 29.6 Å². The monoisotopic (exact) mass is 254 g/mol. The summed E-state index contributed by atoms with van der Waals surface area (Å²) in [5.74, 6) is -3.99. The first-order valence-electron chi connectivity index (χ1n) is 6.47. The van der Waals surface area contributed by atoms with Crippen LogP contribution in [-0.2, 0) is 14.4 Å². The molecule has 5 heteroatoms. The van der Waals surface area contributed by atoms with Gasteiger partial charge in [-0.3, -0.25) is 9.59 Å². The molecule has 2 saturated carbocycles. The van der Waals surface area contributed by atoms with Gasteiger partial charge in [-0.1, -0.05) is 12.8 Å². The van der Waals surface area contributed by atoms with E-state index in [2.05, 4.69) is 0 Å². The third-order valence-electron chi connectivity index (χ3n) is 4.65. The van der Waals surface area contributed by atoms with Gasteiger partial charge in [-0.05, 0) is 31.1 Å². The molecule has 0 bridgehead atoms. The second-order valence-corrected chi connectivity index (χ2v) is 5.45. The van der Waals surface area contributed by atoms with Crippen molar-refractivity contribution in [1.82, 2.24) is 0 Å². The second kappa shape index (κ2) is 5.08. The molecule has 5 atom stereocenters. The molecule has 0 radical (unpaired) electrons. The van der Waals surface area contributed by atoms with E-state index in [1.165, 1.54) is 0 Å². The third-order valence-corrected chi connectivity index (χ3v) is 4.65. The maximum Gasteiger partial charge on any atom is 0.307 e. The fourth-order valence-corrected chi connectivity index (χ4v) is 3.81. The Labute approximate surface area is 105 Å². The van der Waals surface area contributed by atoms with Crippen LogP contribution >= 0.6 is 0 Å². The van der Waals surface area contributed by atoms with Crippen LogP contribution in [0.5, 0.6) is 0 Å². The molecule has 2 fully saturated rings. The summed E-state index contributed by atoms with van der Waals surface area (Å²) in [6, 6.07) is 0. The fraction of sp³-hybridized carbons (Fsp3) is 0.769. The number of hydrogen-bond acceptors (Lipinski definition) is 3. The van der Waals surface area contributed by atoms with Crippen LogP contribution in [0.1, 0.15) is 32.1 Å². The number of carbonyl (C=O) groups is 3. The maximum atomic E-state index is 11.3. The highest BCUT2D eigenvalue weighted by molar-refractivity contribution is 5.78. The Morgan fingerprint density at radius 1 is 0.944 bits per heavy atom. The van der Waals surface area contributed by atoms with Crippen LogP contribution in [0.2, 0.25) is 0 Å². The lowest BCUT2D eigenvalue weighted by Gasteiger charge is -2.45. The molecule has 18 heavy (non-hydrogen) atoms. The molecule has 2 N–H and O–H groups in total. The number of aliphatic carboxylic acids is 2. The Bertz CT molecular complexity index is 364. The molecule has 0 aromatic heterocycles. The third kappa shape index (κ3) is 2.13. The van der Waals surface area contributed by atoms with Crippen LogP contribution in [0.4, 0.5) is 0 Å². The van der Waals surface area contributed by atoms with E-state index >= 15 is 0 Å². The summed E-state index contributed by atoms with van der Waals surface area (Å²) >= 11 is 0. The van der Waals surface area contributed by atoms with Gasteiger partial charge in [0.05, 0.1) is 11.8 Å². The van der Waals surface area contributed by atoms with Gasteiger partial charge in [0.25, 0.3) is 0 Å². The molecule has 0 heterocycles. The first-order chi connectivity index (χ1) is 8.56. The van der Waals surface area contributed by atoms with Crippen molar-refractivity contribution >= 4 is 18.2 Å². The van der Waals surface area contributed by atoms with Crippen molar-refractivity contribution < 1.29 is 24.6 Å². The van der Waals surface area contributed by atoms with E-state index in [1.54, 1.807) is 0 Å². The Morgan fingerprint density at radius 3 is 2.00 bits per heavy atom. The normalized spacial score (nSPS) is 39.7. The van der Waals surface area contributed by atoms with E-state index in [1.807, 2.05) is 0 Å². The van der Waals surface area contributed by atoms with E-state index in [-0.39, 0.29) is 18.3 Å². The summed E-state index contributed by atoms with van der Waals surface area (Å²) in [4.78, 5) is 33.7. The van der Waals surface area contributed by atoms with E-state index in [9.17, 15) is 24.6 Å². The summed E-state index contributed by atoms with van der Waals surface area (Å²) in [5.41, 5.74) is 0. The molecule has 0 aromatic carbocycles. The van der Waals surface area contributed by atoms with Gasteiger partial charge in [-0.25, -0.2) is 0 Å². The number of hydrogen-bond donors (Lipinski definition) is 2. The fourth-order valence-electron chi connectivity index (χ4n) is 3.81. The minimum absolute atomic E-state index is 0.0259. The largest absolute Gasteiger partial charge is 0.481 e. The van der Waals surface area contributed by atoms with E-state index in [4.69, 9.17) is 0 Å². The zero-order chi connectivity index (χ0) is 13.3. The maximum absolute atomic E-state index is 11.3. The van der Waals surface area contributed by atoms with Crippen LogP contribution in [0.25, 0.3) is 0 Å². The average Bonchev–Trinajstić information content (AvgIpc) is 2.36. The number of aldehydes is 1. The number of carboxylic acids is 2. The van der Waals surface area contributed by atoms with Gasteiger partial charge in [0.1, 0.15) is 6.29 Å². The van der Waals surface area contributed by atoms with Gasteiger partial charge in [0, 0.05) is 5.92 Å². The molecule has 0 saturated heterocycles. The van der Waals surface area contributed by atoms with Crippen molar-refractivity contribution in [1.29, 1.82) is 0 Å². The summed E-state index contributed by atoms with van der Waals surface area (Å²) in [7, 11) is 0. The molecule has 2 rings (SSSR count). The van der Waals surface area contributed by atoms with Gasteiger partial charge in [0.2, 0.25) is 0 Å². The summed E-state index contributed by atoms with van der Waals surface area (Å²) < 4.78 is 0. The van der Waals surface area contributed by atoms with Crippen molar-refractivity contribution in [2.45, 2.75) is 32.1 Å². The van der Waals surface area contributed by atoms with Crippen molar-refractivity contribution in [2.75, 3.05) is 0 Å². The summed E-state index contributed by atoms with van der Waals surface area (Å²) in [6.45, 7) is 0. The predicted molar refractivity (Wildman–Crippen MR) is 61.9 cm³/mol. The van der Waals surface area contributed by atoms with Gasteiger partial charge in [-0.15, -0.1) is 0 Å². The molecular formula is C13H18O5. The second-order valence-electron chi connectivity index (χ2n) is 5.45. The molecule has 100 valence electrons. The van der Waals surface area contributed by atoms with Crippen molar-refractivity contribution in [3.05, 3.63) is 0 Å². The van der Waals surface area contributed by atoms with Crippen LogP contribution < -0.4 is 0 Å². The van der Waals surface area contributed by atoms with E-state index in [0.29, 0.717) is 0 Å². The molecule has 5 unspecified atom stereocenters. The molecular weight excluding hydrogens is 236 g/mol. The lowest BCUT2D eigenvalue weighted by Crippen LogP contribution is -2.47. The number of carboxylic acid groups (broad SMARTS) is 2. The molecule has 5 nitrogen and oxygen atoms in total. The highest BCUT2D eigenvalue weighted by Crippen LogP contribution is 2.48. The molecule has 0 amide bonds. The summed E-state index contributed by atoms with van der Waals surface area (Å²) in [5, 5.41) is 18.4. The van der Waals surface area contributed by atoms with Gasteiger partial charge < -0.3 is 15.0 Å². The Hall–Kier alpha value is -1.39. The lowest BCUT2D eigenvalue weighted by molar-refractivity contribution is -0.159. The number of fused-ring (bicyclic) bond motifs is 1. The Balaban J connectivity index is 2.30. The van der Waals surface area contributed by atoms with Crippen LogP contribution in [0.3, 0.4) is 0 Å². The number of carbonyl (C=O) groups excluding carboxylic acids is 1. The van der Waals surface area contributed by atoms with Gasteiger partial charge >= 0.3 is 11.9 Å². The molecule has 0 aromatic rings. The molecule has 2 aliphatic carbocycles. The summed E-state index contributed by atoms with van der Waals surface area (Å²) in [6.07, 6.45) is 4.35. The zero-order valence-electron chi connectivity index (χ0n) is 10.1. The van der Waals surface area contributed by atoms with Crippen molar-refractivity contribution in [3.8, 4) is 0 Å². The minimum Gasteiger partial charge on any atom is -0.481 e. The molecule has 2 aliphatic rings. The Kier molecular flexibility index (Phi) is 3.68. The number of rotatable bonds is 3. The minimum atomic E-state index is -1.04. The highest BCUT2D eigenvalue weighted by atomic mass is 16.4. The molecule has 0 spiro atoms. The van der Waals surface area contributed by atoms with Crippen LogP contribution in [-0.4, -0.2) is 28.4 Å². The topological polar surface area (TPSA) is 91.7 Å². The van der Waals surface area contributed by atoms with Gasteiger partial charge in [-0.2, -0.15) is 0 Å². The zero-order valence-corrected chi connectivity index (χ0v) is 10.1. The highest BCUT2D eigenvalue weighted by Gasteiger charge is 2.50. The lowest BCUT2D eigenvalue weighted by atomic mass is 9.58. The predicted octanol–water partition coefficient (Wildman–Crippen LogP) is 1.41. The van der Waals surface area contributed by atoms with E-state index in [0.717, 1.165) is 32.0 Å². The molecule has 0 aliphatic heterocycles. The Morgan fingerprint density at radius 2 is 1.50 bits per heavy atom. The first kappa shape index (κ1) is 13.1. The quantitative estimate of drug-likeness (QED) is 0.743. The van der Waals surface area contributed by atoms with Crippen molar-refractivity contribution in [3.63, 3.8) is 0 Å². The van der Waals surface area contributed by atoms with Crippen molar-refractivity contribution in [2.24, 2.45) is 29.6 Å². The average molecular weight is 254 g/mol. The SMILES string of the molecule is O=CC1C(C(=O)O)CC(C(=O)O)C2CCCCC12. The standard InChI is InChI=1S/C13H18O5/c14-6-11-8-4-2-1-3-7(8)9(12(15)16)5-10(11)13(17)18/h6-11H,1-5H2,(H,15,16)(H,17,18).